The second-order valence-electron chi connectivity index (χ2n) is 4.63. The highest BCUT2D eigenvalue weighted by Crippen LogP contribution is 2.31. The fourth-order valence-corrected chi connectivity index (χ4v) is 5.31. The summed E-state index contributed by atoms with van der Waals surface area (Å²) < 4.78 is 49.5. The van der Waals surface area contributed by atoms with E-state index in [0.717, 1.165) is 12.8 Å². The van der Waals surface area contributed by atoms with Gasteiger partial charge < -0.3 is 0 Å². The van der Waals surface area contributed by atoms with Crippen LogP contribution in [-0.2, 0) is 19.1 Å². The third-order valence-electron chi connectivity index (χ3n) is 3.22. The molecule has 1 N–H and O–H groups in total. The SMILES string of the molecule is O=S(=O)(Cl)c1ccc(NS(=O)(=O)C2CCCC2)c(Br)c1. The van der Waals surface area contributed by atoms with E-state index >= 15 is 0 Å². The van der Waals surface area contributed by atoms with Crippen molar-refractivity contribution in [3.8, 4) is 0 Å². The van der Waals surface area contributed by atoms with Crippen LogP contribution in [-0.4, -0.2) is 22.1 Å². The zero-order valence-electron chi connectivity index (χ0n) is 10.3. The number of nitrogens with one attached hydrogen (secondary N) is 1. The molecule has 1 aliphatic rings. The molecule has 0 atom stereocenters. The van der Waals surface area contributed by atoms with Crippen molar-refractivity contribution >= 4 is 51.4 Å². The molecule has 0 bridgehead atoms. The number of rotatable bonds is 4. The Labute approximate surface area is 131 Å². The Morgan fingerprint density at radius 3 is 2.25 bits per heavy atom. The van der Waals surface area contributed by atoms with Gasteiger partial charge >= 0.3 is 0 Å². The maximum absolute atomic E-state index is 12.2. The molecule has 1 aromatic rings. The van der Waals surface area contributed by atoms with Crippen molar-refractivity contribution in [2.24, 2.45) is 0 Å². The van der Waals surface area contributed by atoms with E-state index in [-0.39, 0.29) is 10.1 Å². The zero-order valence-corrected chi connectivity index (χ0v) is 14.3. The second-order valence-corrected chi connectivity index (χ2v) is 10.0. The number of anilines is 1. The van der Waals surface area contributed by atoms with Crippen LogP contribution in [0.15, 0.2) is 27.6 Å². The molecule has 9 heteroatoms. The molecule has 0 unspecified atom stereocenters. The average Bonchev–Trinajstić information content (AvgIpc) is 2.84. The van der Waals surface area contributed by atoms with Crippen LogP contribution in [0.5, 0.6) is 0 Å². The molecule has 0 aliphatic heterocycles. The lowest BCUT2D eigenvalue weighted by atomic mass is 10.3. The van der Waals surface area contributed by atoms with Gasteiger partial charge in [0.25, 0.3) is 9.05 Å². The van der Waals surface area contributed by atoms with Crippen molar-refractivity contribution in [3.05, 3.63) is 22.7 Å². The van der Waals surface area contributed by atoms with E-state index < -0.39 is 19.1 Å². The van der Waals surface area contributed by atoms with Crippen molar-refractivity contribution in [2.75, 3.05) is 4.72 Å². The third kappa shape index (κ3) is 3.66. The summed E-state index contributed by atoms with van der Waals surface area (Å²) in [6.07, 6.45) is 3.13. The monoisotopic (exact) mass is 401 g/mol. The summed E-state index contributed by atoms with van der Waals surface area (Å²) in [7, 11) is -2.05. The van der Waals surface area contributed by atoms with Crippen molar-refractivity contribution in [2.45, 2.75) is 35.8 Å². The van der Waals surface area contributed by atoms with Gasteiger partial charge in [-0.25, -0.2) is 16.8 Å². The molecule has 0 aromatic heterocycles. The summed E-state index contributed by atoms with van der Waals surface area (Å²) in [5.41, 5.74) is 0.306. The van der Waals surface area contributed by atoms with Crippen LogP contribution in [0.2, 0.25) is 0 Å². The summed E-state index contributed by atoms with van der Waals surface area (Å²) in [4.78, 5) is -0.0881. The van der Waals surface area contributed by atoms with E-state index in [1.807, 2.05) is 0 Å². The first kappa shape index (κ1) is 16.1. The summed E-state index contributed by atoms with van der Waals surface area (Å²) in [5.74, 6) is 0. The summed E-state index contributed by atoms with van der Waals surface area (Å²) >= 11 is 3.15. The lowest BCUT2D eigenvalue weighted by Crippen LogP contribution is -2.25. The molecule has 1 aromatic carbocycles. The molecule has 0 amide bonds. The zero-order chi connectivity index (χ0) is 15.0. The second kappa shape index (κ2) is 5.82. The Morgan fingerprint density at radius 2 is 1.75 bits per heavy atom. The molecule has 0 spiro atoms. The average molecular weight is 403 g/mol. The maximum atomic E-state index is 12.2. The van der Waals surface area contributed by atoms with Crippen molar-refractivity contribution in [1.29, 1.82) is 0 Å². The first-order valence-corrected chi connectivity index (χ1v) is 10.6. The molecule has 20 heavy (non-hydrogen) atoms. The van der Waals surface area contributed by atoms with E-state index in [2.05, 4.69) is 20.7 Å². The van der Waals surface area contributed by atoms with Gasteiger partial charge in [0.1, 0.15) is 0 Å². The maximum Gasteiger partial charge on any atom is 0.261 e. The van der Waals surface area contributed by atoms with Crippen LogP contribution in [0, 0.1) is 0 Å². The van der Waals surface area contributed by atoms with E-state index in [9.17, 15) is 16.8 Å². The van der Waals surface area contributed by atoms with Crippen LogP contribution >= 0.6 is 26.6 Å². The van der Waals surface area contributed by atoms with Crippen molar-refractivity contribution in [3.63, 3.8) is 0 Å². The molecule has 1 fully saturated rings. The fraction of sp³-hybridized carbons (Fsp3) is 0.455. The molecular formula is C11H13BrClNO4S2. The van der Waals surface area contributed by atoms with Crippen molar-refractivity contribution < 1.29 is 16.8 Å². The molecule has 1 aliphatic carbocycles. The molecule has 0 saturated heterocycles. The highest BCUT2D eigenvalue weighted by atomic mass is 79.9. The third-order valence-corrected chi connectivity index (χ3v) is 7.08. The van der Waals surface area contributed by atoms with E-state index in [1.165, 1.54) is 18.2 Å². The van der Waals surface area contributed by atoms with Crippen molar-refractivity contribution in [1.82, 2.24) is 0 Å². The normalized spacial score (nSPS) is 17.3. The fourth-order valence-electron chi connectivity index (χ4n) is 2.17. The lowest BCUT2D eigenvalue weighted by Gasteiger charge is -2.14. The van der Waals surface area contributed by atoms with Crippen LogP contribution in [0.25, 0.3) is 0 Å². The van der Waals surface area contributed by atoms with Gasteiger partial charge in [-0.2, -0.15) is 0 Å². The molecule has 0 heterocycles. The first-order valence-electron chi connectivity index (χ1n) is 5.96. The molecule has 112 valence electrons. The summed E-state index contributed by atoms with van der Waals surface area (Å²) in [5, 5.41) is -0.383. The first-order chi connectivity index (χ1) is 9.20. The quantitative estimate of drug-likeness (QED) is 0.785. The van der Waals surface area contributed by atoms with E-state index in [1.54, 1.807) is 0 Å². The van der Waals surface area contributed by atoms with E-state index in [4.69, 9.17) is 10.7 Å². The minimum Gasteiger partial charge on any atom is -0.282 e. The Balaban J connectivity index is 2.26. The standard InChI is InChI=1S/C11H13BrClNO4S2/c12-10-7-9(19(13,15)16)5-6-11(10)14-20(17,18)8-3-1-2-4-8/h5-8,14H,1-4H2. The summed E-state index contributed by atoms with van der Waals surface area (Å²) in [6.45, 7) is 0. The van der Waals surface area contributed by atoms with Crippen LogP contribution in [0.4, 0.5) is 5.69 Å². The van der Waals surface area contributed by atoms with Gasteiger partial charge in [-0.1, -0.05) is 12.8 Å². The van der Waals surface area contributed by atoms with E-state index in [0.29, 0.717) is 23.0 Å². The predicted molar refractivity (Wildman–Crippen MR) is 82.0 cm³/mol. The number of sulfonamides is 1. The van der Waals surface area contributed by atoms with Gasteiger partial charge in [-0.05, 0) is 47.0 Å². The predicted octanol–water partition coefficient (Wildman–Crippen LogP) is 3.06. The Bertz CT molecular complexity index is 712. The highest BCUT2D eigenvalue weighted by Gasteiger charge is 2.29. The van der Waals surface area contributed by atoms with Crippen LogP contribution < -0.4 is 4.72 Å². The van der Waals surface area contributed by atoms with Gasteiger partial charge in [-0.15, -0.1) is 0 Å². The molecule has 0 radical (unpaired) electrons. The largest absolute Gasteiger partial charge is 0.282 e. The highest BCUT2D eigenvalue weighted by molar-refractivity contribution is 9.10. The summed E-state index contributed by atoms with van der Waals surface area (Å²) in [6, 6.07) is 3.92. The minimum atomic E-state index is -3.84. The number of hydrogen-bond donors (Lipinski definition) is 1. The Kier molecular flexibility index (Phi) is 4.68. The van der Waals surface area contributed by atoms with Crippen LogP contribution in [0.3, 0.4) is 0 Å². The smallest absolute Gasteiger partial charge is 0.261 e. The van der Waals surface area contributed by atoms with Gasteiger partial charge in [0.15, 0.2) is 0 Å². The topological polar surface area (TPSA) is 80.3 Å². The number of benzene rings is 1. The molecular weight excluding hydrogens is 390 g/mol. The lowest BCUT2D eigenvalue weighted by molar-refractivity contribution is 0.585. The molecule has 1 saturated carbocycles. The van der Waals surface area contributed by atoms with Gasteiger partial charge in [0.05, 0.1) is 15.8 Å². The number of halogens is 2. The van der Waals surface area contributed by atoms with Crippen LogP contribution in [0.1, 0.15) is 25.7 Å². The van der Waals surface area contributed by atoms with Gasteiger partial charge in [0, 0.05) is 15.2 Å². The Hall–Kier alpha value is -0.310. The molecule has 5 nitrogen and oxygen atoms in total. The number of hydrogen-bond acceptors (Lipinski definition) is 4. The van der Waals surface area contributed by atoms with Gasteiger partial charge in [0.2, 0.25) is 10.0 Å². The Morgan fingerprint density at radius 1 is 1.15 bits per heavy atom. The molecule has 2 rings (SSSR count). The minimum absolute atomic E-state index is 0.0881. The van der Waals surface area contributed by atoms with Gasteiger partial charge in [-0.3, -0.25) is 4.72 Å².